The Labute approximate surface area is 126 Å². The number of methoxy groups -OCH3 is 1. The molecule has 21 heavy (non-hydrogen) atoms. The van der Waals surface area contributed by atoms with E-state index in [9.17, 15) is 9.59 Å². The lowest BCUT2D eigenvalue weighted by Gasteiger charge is -2.18. The maximum Gasteiger partial charge on any atom is 0.311 e. The van der Waals surface area contributed by atoms with Crippen LogP contribution < -0.4 is 4.90 Å². The number of rotatable bonds is 2. The third-order valence-corrected chi connectivity index (χ3v) is 3.81. The normalized spacial score (nSPS) is 18.3. The number of para-hydroxylation sites is 1. The Balaban J connectivity index is 2.05. The fourth-order valence-corrected chi connectivity index (χ4v) is 2.81. The van der Waals surface area contributed by atoms with Gasteiger partial charge in [-0.15, -0.1) is 0 Å². The van der Waals surface area contributed by atoms with Crippen LogP contribution in [0.5, 0.6) is 0 Å². The SMILES string of the molecule is COC(=O)C1CC(=O)N(c2cc(Cl)nc3ccccc23)C1. The standard InChI is InChI=1S/C15H13ClN2O3/c1-21-15(20)9-6-14(19)18(8-9)12-7-13(16)17-11-5-3-2-4-10(11)12/h2-5,7,9H,6,8H2,1H3. The number of esters is 1. The minimum Gasteiger partial charge on any atom is -0.469 e. The van der Waals surface area contributed by atoms with Gasteiger partial charge in [0, 0.05) is 18.4 Å². The van der Waals surface area contributed by atoms with Gasteiger partial charge in [0.05, 0.1) is 24.2 Å². The lowest BCUT2D eigenvalue weighted by molar-refractivity contribution is -0.145. The van der Waals surface area contributed by atoms with Crippen molar-refractivity contribution in [1.82, 2.24) is 4.98 Å². The molecule has 0 saturated carbocycles. The quantitative estimate of drug-likeness (QED) is 0.631. The zero-order valence-electron chi connectivity index (χ0n) is 11.4. The molecular weight excluding hydrogens is 292 g/mol. The summed E-state index contributed by atoms with van der Waals surface area (Å²) in [7, 11) is 1.33. The Morgan fingerprint density at radius 3 is 2.95 bits per heavy atom. The third kappa shape index (κ3) is 2.45. The Hall–Kier alpha value is -2.14. The predicted octanol–water partition coefficient (Wildman–Crippen LogP) is 2.41. The lowest BCUT2D eigenvalue weighted by atomic mass is 10.1. The molecule has 1 aliphatic heterocycles. The van der Waals surface area contributed by atoms with E-state index in [4.69, 9.17) is 16.3 Å². The van der Waals surface area contributed by atoms with Crippen LogP contribution in [0.15, 0.2) is 30.3 Å². The largest absolute Gasteiger partial charge is 0.469 e. The topological polar surface area (TPSA) is 59.5 Å². The summed E-state index contributed by atoms with van der Waals surface area (Å²) < 4.78 is 4.72. The van der Waals surface area contributed by atoms with Crippen LogP contribution in [0.4, 0.5) is 5.69 Å². The number of halogens is 1. The molecule has 108 valence electrons. The first-order chi connectivity index (χ1) is 10.1. The molecular formula is C15H13ClN2O3. The van der Waals surface area contributed by atoms with Crippen molar-refractivity contribution in [1.29, 1.82) is 0 Å². The molecule has 6 heteroatoms. The maximum atomic E-state index is 12.2. The zero-order valence-corrected chi connectivity index (χ0v) is 12.1. The van der Waals surface area contributed by atoms with Gasteiger partial charge in [-0.05, 0) is 12.1 Å². The number of hydrogen-bond acceptors (Lipinski definition) is 4. The fraction of sp³-hybridized carbons (Fsp3) is 0.267. The van der Waals surface area contributed by atoms with Crippen molar-refractivity contribution in [3.8, 4) is 0 Å². The molecule has 0 aliphatic carbocycles. The van der Waals surface area contributed by atoms with E-state index in [1.807, 2.05) is 24.3 Å². The van der Waals surface area contributed by atoms with Crippen molar-refractivity contribution in [3.63, 3.8) is 0 Å². The van der Waals surface area contributed by atoms with Gasteiger partial charge in [-0.2, -0.15) is 0 Å². The second-order valence-corrected chi connectivity index (χ2v) is 5.30. The van der Waals surface area contributed by atoms with E-state index >= 15 is 0 Å². The van der Waals surface area contributed by atoms with Crippen molar-refractivity contribution >= 4 is 40.1 Å². The second-order valence-electron chi connectivity index (χ2n) is 4.91. The number of anilines is 1. The number of pyridine rings is 1. The summed E-state index contributed by atoms with van der Waals surface area (Å²) in [4.78, 5) is 29.7. The molecule has 3 rings (SSSR count). The molecule has 1 aromatic heterocycles. The average molecular weight is 305 g/mol. The van der Waals surface area contributed by atoms with Crippen molar-refractivity contribution in [2.24, 2.45) is 5.92 Å². The van der Waals surface area contributed by atoms with E-state index in [-0.39, 0.29) is 18.3 Å². The molecule has 1 saturated heterocycles. The number of fused-ring (bicyclic) bond motifs is 1. The van der Waals surface area contributed by atoms with E-state index in [2.05, 4.69) is 4.98 Å². The Morgan fingerprint density at radius 2 is 2.19 bits per heavy atom. The van der Waals surface area contributed by atoms with E-state index < -0.39 is 5.92 Å². The lowest BCUT2D eigenvalue weighted by Crippen LogP contribution is -2.26. The molecule has 0 radical (unpaired) electrons. The molecule has 0 bridgehead atoms. The highest BCUT2D eigenvalue weighted by Crippen LogP contribution is 2.33. The van der Waals surface area contributed by atoms with Gasteiger partial charge in [0.1, 0.15) is 5.15 Å². The van der Waals surface area contributed by atoms with Gasteiger partial charge in [-0.3, -0.25) is 9.59 Å². The molecule has 1 aromatic carbocycles. The molecule has 1 fully saturated rings. The first-order valence-electron chi connectivity index (χ1n) is 6.53. The van der Waals surface area contributed by atoms with Crippen LogP contribution in [0.25, 0.3) is 10.9 Å². The first-order valence-corrected chi connectivity index (χ1v) is 6.91. The van der Waals surface area contributed by atoms with Crippen LogP contribution in [-0.4, -0.2) is 30.5 Å². The van der Waals surface area contributed by atoms with Crippen molar-refractivity contribution in [3.05, 3.63) is 35.5 Å². The number of ether oxygens (including phenoxy) is 1. The van der Waals surface area contributed by atoms with Gasteiger partial charge < -0.3 is 9.64 Å². The summed E-state index contributed by atoms with van der Waals surface area (Å²) in [6.07, 6.45) is 0.154. The summed E-state index contributed by atoms with van der Waals surface area (Å²) >= 11 is 6.04. The maximum absolute atomic E-state index is 12.2. The van der Waals surface area contributed by atoms with Gasteiger partial charge in [-0.1, -0.05) is 29.8 Å². The van der Waals surface area contributed by atoms with Crippen LogP contribution >= 0.6 is 11.6 Å². The van der Waals surface area contributed by atoms with Crippen LogP contribution in [-0.2, 0) is 14.3 Å². The summed E-state index contributed by atoms with van der Waals surface area (Å²) in [5.41, 5.74) is 1.40. The molecule has 1 aliphatic rings. The van der Waals surface area contributed by atoms with E-state index in [0.717, 1.165) is 5.39 Å². The van der Waals surface area contributed by atoms with Crippen LogP contribution in [0.3, 0.4) is 0 Å². The molecule has 0 N–H and O–H groups in total. The summed E-state index contributed by atoms with van der Waals surface area (Å²) in [5.74, 6) is -0.915. The highest BCUT2D eigenvalue weighted by atomic mass is 35.5. The third-order valence-electron chi connectivity index (χ3n) is 3.61. The number of nitrogens with zero attached hydrogens (tertiary/aromatic N) is 2. The Morgan fingerprint density at radius 1 is 1.43 bits per heavy atom. The van der Waals surface area contributed by atoms with Crippen LogP contribution in [0, 0.1) is 5.92 Å². The van der Waals surface area contributed by atoms with Gasteiger partial charge in [-0.25, -0.2) is 4.98 Å². The van der Waals surface area contributed by atoms with Crippen molar-refractivity contribution in [2.45, 2.75) is 6.42 Å². The molecule has 5 nitrogen and oxygen atoms in total. The van der Waals surface area contributed by atoms with Gasteiger partial charge >= 0.3 is 5.97 Å². The zero-order chi connectivity index (χ0) is 15.0. The predicted molar refractivity (Wildman–Crippen MR) is 79.2 cm³/mol. The minimum atomic E-state index is -0.437. The summed E-state index contributed by atoms with van der Waals surface area (Å²) in [5, 5.41) is 1.15. The number of aromatic nitrogens is 1. The van der Waals surface area contributed by atoms with Crippen LogP contribution in [0.2, 0.25) is 5.15 Å². The van der Waals surface area contributed by atoms with E-state index in [0.29, 0.717) is 22.9 Å². The van der Waals surface area contributed by atoms with Gasteiger partial charge in [0.25, 0.3) is 0 Å². The molecule has 2 heterocycles. The Kier molecular flexibility index (Phi) is 3.51. The molecule has 2 aromatic rings. The summed E-state index contributed by atoms with van der Waals surface area (Å²) in [6.45, 7) is 0.301. The number of carbonyl (C=O) groups excluding carboxylic acids is 2. The Bertz CT molecular complexity index is 732. The van der Waals surface area contributed by atoms with Gasteiger partial charge in [0.15, 0.2) is 0 Å². The smallest absolute Gasteiger partial charge is 0.311 e. The molecule has 0 spiro atoms. The average Bonchev–Trinajstić information content (AvgIpc) is 2.87. The minimum absolute atomic E-state index is 0.113. The molecule has 1 amide bonds. The van der Waals surface area contributed by atoms with Crippen molar-refractivity contribution in [2.75, 3.05) is 18.6 Å². The number of hydrogen-bond donors (Lipinski definition) is 0. The van der Waals surface area contributed by atoms with E-state index in [1.54, 1.807) is 11.0 Å². The van der Waals surface area contributed by atoms with Crippen molar-refractivity contribution < 1.29 is 14.3 Å². The number of amides is 1. The monoisotopic (exact) mass is 304 g/mol. The van der Waals surface area contributed by atoms with E-state index in [1.165, 1.54) is 7.11 Å². The second kappa shape index (κ2) is 5.33. The van der Waals surface area contributed by atoms with Gasteiger partial charge in [0.2, 0.25) is 5.91 Å². The number of carbonyl (C=O) groups is 2. The fourth-order valence-electron chi connectivity index (χ4n) is 2.61. The number of benzene rings is 1. The van der Waals surface area contributed by atoms with Crippen LogP contribution in [0.1, 0.15) is 6.42 Å². The molecule has 1 atom stereocenters. The highest BCUT2D eigenvalue weighted by Gasteiger charge is 2.36. The summed E-state index contributed by atoms with van der Waals surface area (Å²) in [6, 6.07) is 9.11. The molecule has 1 unspecified atom stereocenters. The first kappa shape index (κ1) is 13.8. The highest BCUT2D eigenvalue weighted by molar-refractivity contribution is 6.30.